The lowest BCUT2D eigenvalue weighted by Gasteiger charge is -2.17. The zero-order valence-electron chi connectivity index (χ0n) is 11.6. The number of nitrogens with two attached hydrogens (primary N) is 1. The van der Waals surface area contributed by atoms with Crippen molar-refractivity contribution in [2.75, 3.05) is 12.3 Å². The van der Waals surface area contributed by atoms with Gasteiger partial charge in [0.25, 0.3) is 0 Å². The van der Waals surface area contributed by atoms with Crippen LogP contribution in [0.15, 0.2) is 24.3 Å². The van der Waals surface area contributed by atoms with Crippen molar-refractivity contribution in [1.82, 2.24) is 4.98 Å². The lowest BCUT2D eigenvalue weighted by molar-refractivity contribution is 0.0459. The fourth-order valence-corrected chi connectivity index (χ4v) is 1.79. The fraction of sp³-hybridized carbons (Fsp3) is 0.400. The Kier molecular flexibility index (Phi) is 3.51. The molecule has 4 nitrogen and oxygen atoms in total. The van der Waals surface area contributed by atoms with Gasteiger partial charge in [-0.2, -0.15) is 0 Å². The van der Waals surface area contributed by atoms with Gasteiger partial charge in [-0.1, -0.05) is 20.8 Å². The number of nitrogens with one attached hydrogen (secondary N) is 1. The highest BCUT2D eigenvalue weighted by atomic mass is 16.5. The van der Waals surface area contributed by atoms with Crippen LogP contribution in [-0.4, -0.2) is 17.6 Å². The molecule has 1 aromatic carbocycles. The van der Waals surface area contributed by atoms with Crippen LogP contribution in [0.1, 0.15) is 37.7 Å². The minimum Gasteiger partial charge on any atom is -0.461 e. The second-order valence-corrected chi connectivity index (χ2v) is 5.98. The molecule has 2 rings (SSSR count). The molecule has 0 unspecified atom stereocenters. The summed E-state index contributed by atoms with van der Waals surface area (Å²) in [5.74, 6) is -0.320. The number of hydrogen-bond donors (Lipinski definition) is 2. The summed E-state index contributed by atoms with van der Waals surface area (Å²) in [4.78, 5) is 14.9. The summed E-state index contributed by atoms with van der Waals surface area (Å²) >= 11 is 0. The van der Waals surface area contributed by atoms with E-state index in [0.29, 0.717) is 18.0 Å². The molecular formula is C15H20N2O2. The molecule has 4 heteroatoms. The van der Waals surface area contributed by atoms with Gasteiger partial charge in [-0.15, -0.1) is 0 Å². The van der Waals surface area contributed by atoms with Crippen molar-refractivity contribution in [3.8, 4) is 0 Å². The number of esters is 1. The van der Waals surface area contributed by atoms with Crippen LogP contribution in [0.5, 0.6) is 0 Å². The summed E-state index contributed by atoms with van der Waals surface area (Å²) in [6, 6.07) is 7.26. The normalized spacial score (nSPS) is 11.7. The van der Waals surface area contributed by atoms with E-state index in [2.05, 4.69) is 25.8 Å². The van der Waals surface area contributed by atoms with Crippen LogP contribution in [0.25, 0.3) is 10.9 Å². The Balaban J connectivity index is 2.05. The average molecular weight is 260 g/mol. The van der Waals surface area contributed by atoms with Crippen LogP contribution in [0.2, 0.25) is 0 Å². The Morgan fingerprint density at radius 3 is 2.74 bits per heavy atom. The predicted octanol–water partition coefficient (Wildman–Crippen LogP) is 3.34. The van der Waals surface area contributed by atoms with Crippen LogP contribution < -0.4 is 5.73 Å². The molecular weight excluding hydrogens is 240 g/mol. The first-order valence-electron chi connectivity index (χ1n) is 6.40. The second kappa shape index (κ2) is 4.96. The molecule has 0 radical (unpaired) electrons. The predicted molar refractivity (Wildman–Crippen MR) is 77.1 cm³/mol. The third kappa shape index (κ3) is 3.50. The lowest BCUT2D eigenvalue weighted by Crippen LogP contribution is -2.13. The van der Waals surface area contributed by atoms with E-state index in [1.807, 2.05) is 12.1 Å². The first-order valence-corrected chi connectivity index (χ1v) is 6.40. The van der Waals surface area contributed by atoms with E-state index in [9.17, 15) is 4.79 Å². The van der Waals surface area contributed by atoms with E-state index in [1.165, 1.54) is 0 Å². The highest BCUT2D eigenvalue weighted by Crippen LogP contribution is 2.20. The molecule has 0 spiro atoms. The average Bonchev–Trinajstić information content (AvgIpc) is 2.70. The minimum absolute atomic E-state index is 0.162. The highest BCUT2D eigenvalue weighted by molar-refractivity contribution is 5.95. The molecule has 1 aromatic heterocycles. The molecule has 0 aliphatic heterocycles. The Morgan fingerprint density at radius 1 is 1.32 bits per heavy atom. The van der Waals surface area contributed by atoms with Crippen molar-refractivity contribution in [3.05, 3.63) is 30.0 Å². The molecule has 3 N–H and O–H groups in total. The van der Waals surface area contributed by atoms with Crippen LogP contribution in [0.3, 0.4) is 0 Å². The summed E-state index contributed by atoms with van der Waals surface area (Å²) in [6.45, 7) is 6.78. The van der Waals surface area contributed by atoms with Gasteiger partial charge in [-0.25, -0.2) is 4.79 Å². The van der Waals surface area contributed by atoms with Crippen molar-refractivity contribution in [1.29, 1.82) is 0 Å². The third-order valence-corrected chi connectivity index (χ3v) is 2.95. The molecule has 0 atom stereocenters. The number of fused-ring (bicyclic) bond motifs is 1. The van der Waals surface area contributed by atoms with Crippen molar-refractivity contribution in [2.45, 2.75) is 27.2 Å². The van der Waals surface area contributed by atoms with Gasteiger partial charge in [0.05, 0.1) is 6.61 Å². The van der Waals surface area contributed by atoms with E-state index in [1.54, 1.807) is 12.1 Å². The number of hydrogen-bond acceptors (Lipinski definition) is 3. The number of rotatable bonds is 3. The maximum Gasteiger partial charge on any atom is 0.354 e. The quantitative estimate of drug-likeness (QED) is 0.657. The second-order valence-electron chi connectivity index (χ2n) is 5.98. The number of ether oxygens (including phenoxy) is 1. The summed E-state index contributed by atoms with van der Waals surface area (Å²) in [6.07, 6.45) is 0.839. The van der Waals surface area contributed by atoms with Crippen molar-refractivity contribution < 1.29 is 9.53 Å². The number of nitrogen functional groups attached to an aromatic ring is 1. The molecule has 0 saturated heterocycles. The molecule has 1 heterocycles. The number of carbonyl (C=O) groups is 1. The standard InChI is InChI=1S/C15H20N2O2/c1-15(2,3)6-7-19-14(18)13-9-10-8-11(16)4-5-12(10)17-13/h4-5,8-9,17H,6-7,16H2,1-3H3. The highest BCUT2D eigenvalue weighted by Gasteiger charge is 2.14. The first-order chi connectivity index (χ1) is 8.85. The van der Waals surface area contributed by atoms with Crippen LogP contribution in [0.4, 0.5) is 5.69 Å². The lowest BCUT2D eigenvalue weighted by atomic mass is 9.93. The Labute approximate surface area is 112 Å². The topological polar surface area (TPSA) is 68.1 Å². The van der Waals surface area contributed by atoms with E-state index in [4.69, 9.17) is 10.5 Å². The van der Waals surface area contributed by atoms with Crippen LogP contribution in [0, 0.1) is 5.41 Å². The smallest absolute Gasteiger partial charge is 0.354 e. The van der Waals surface area contributed by atoms with E-state index in [0.717, 1.165) is 17.3 Å². The van der Waals surface area contributed by atoms with Gasteiger partial charge in [0.2, 0.25) is 0 Å². The van der Waals surface area contributed by atoms with Gasteiger partial charge in [0.15, 0.2) is 0 Å². The molecule has 2 aromatic rings. The Hall–Kier alpha value is -1.97. The largest absolute Gasteiger partial charge is 0.461 e. The summed E-state index contributed by atoms with van der Waals surface area (Å²) < 4.78 is 5.26. The van der Waals surface area contributed by atoms with Gasteiger partial charge in [-0.05, 0) is 36.1 Å². The van der Waals surface area contributed by atoms with E-state index in [-0.39, 0.29) is 11.4 Å². The van der Waals surface area contributed by atoms with Crippen LogP contribution in [-0.2, 0) is 4.74 Å². The summed E-state index contributed by atoms with van der Waals surface area (Å²) in [5.41, 5.74) is 7.90. The molecule has 0 aliphatic carbocycles. The number of aromatic amines is 1. The molecule has 0 amide bonds. The Bertz CT molecular complexity index is 594. The number of benzene rings is 1. The SMILES string of the molecule is CC(C)(C)CCOC(=O)c1cc2cc(N)ccc2[nH]1. The first kappa shape index (κ1) is 13.5. The number of carbonyl (C=O) groups excluding carboxylic acids is 1. The maximum absolute atomic E-state index is 11.9. The fourth-order valence-electron chi connectivity index (χ4n) is 1.79. The van der Waals surface area contributed by atoms with Gasteiger partial charge >= 0.3 is 5.97 Å². The molecule has 0 bridgehead atoms. The van der Waals surface area contributed by atoms with Gasteiger partial charge in [-0.3, -0.25) is 0 Å². The molecule has 19 heavy (non-hydrogen) atoms. The maximum atomic E-state index is 11.9. The summed E-state index contributed by atoms with van der Waals surface area (Å²) in [5, 5.41) is 0.919. The van der Waals surface area contributed by atoms with Gasteiger partial charge in [0, 0.05) is 16.6 Å². The molecule has 0 aliphatic rings. The third-order valence-electron chi connectivity index (χ3n) is 2.95. The number of aromatic nitrogens is 1. The molecule has 102 valence electrons. The van der Waals surface area contributed by atoms with Crippen molar-refractivity contribution >= 4 is 22.6 Å². The van der Waals surface area contributed by atoms with Gasteiger partial charge in [0.1, 0.15) is 5.69 Å². The zero-order chi connectivity index (χ0) is 14.0. The van der Waals surface area contributed by atoms with E-state index >= 15 is 0 Å². The van der Waals surface area contributed by atoms with Gasteiger partial charge < -0.3 is 15.5 Å². The van der Waals surface area contributed by atoms with E-state index < -0.39 is 0 Å². The minimum atomic E-state index is -0.320. The molecule has 0 fully saturated rings. The Morgan fingerprint density at radius 2 is 2.05 bits per heavy atom. The number of anilines is 1. The zero-order valence-corrected chi connectivity index (χ0v) is 11.6. The molecule has 0 saturated carbocycles. The van der Waals surface area contributed by atoms with Crippen molar-refractivity contribution in [2.24, 2.45) is 5.41 Å². The van der Waals surface area contributed by atoms with Crippen molar-refractivity contribution in [3.63, 3.8) is 0 Å². The monoisotopic (exact) mass is 260 g/mol. The summed E-state index contributed by atoms with van der Waals surface area (Å²) in [7, 11) is 0. The van der Waals surface area contributed by atoms with Crippen LogP contribution >= 0.6 is 0 Å². The number of H-pyrrole nitrogens is 1.